The predicted molar refractivity (Wildman–Crippen MR) is 67.7 cm³/mol. The van der Waals surface area contributed by atoms with Crippen molar-refractivity contribution in [2.75, 3.05) is 0 Å². The van der Waals surface area contributed by atoms with Crippen molar-refractivity contribution in [2.24, 2.45) is 0 Å². The number of para-hydroxylation sites is 1. The van der Waals surface area contributed by atoms with Crippen molar-refractivity contribution in [1.82, 2.24) is 0 Å². The fraction of sp³-hybridized carbons (Fsp3) is 0. The van der Waals surface area contributed by atoms with Crippen molar-refractivity contribution in [3.63, 3.8) is 0 Å². The second kappa shape index (κ2) is 4.92. The number of phenolic OH excluding ortho intramolecular Hbond substituents is 1. The smallest absolute Gasteiger partial charge is 0.123 e. The van der Waals surface area contributed by atoms with Crippen molar-refractivity contribution < 1.29 is 5.11 Å². The average Bonchev–Trinajstić information content (AvgIpc) is 2.46. The topological polar surface area (TPSA) is 91.6 Å². The molecule has 0 saturated heterocycles. The van der Waals surface area contributed by atoms with Crippen molar-refractivity contribution in [3.8, 4) is 35.1 Å². The van der Waals surface area contributed by atoms with E-state index in [2.05, 4.69) is 0 Å². The van der Waals surface area contributed by atoms with Gasteiger partial charge < -0.3 is 5.11 Å². The molecule has 1 N–H and O–H groups in total. The molecule has 0 aliphatic carbocycles. The summed E-state index contributed by atoms with van der Waals surface area (Å²) < 4.78 is 0. The highest BCUT2D eigenvalue weighted by atomic mass is 16.3. The van der Waals surface area contributed by atoms with E-state index in [-0.39, 0.29) is 22.4 Å². The van der Waals surface area contributed by atoms with Gasteiger partial charge in [-0.05, 0) is 18.2 Å². The number of phenols is 1. The van der Waals surface area contributed by atoms with Gasteiger partial charge in [-0.3, -0.25) is 0 Å². The number of hydrogen-bond donors (Lipinski definition) is 1. The molecule has 0 saturated carbocycles. The first kappa shape index (κ1) is 12.2. The Morgan fingerprint density at radius 1 is 0.842 bits per heavy atom. The fourth-order valence-electron chi connectivity index (χ4n) is 1.86. The van der Waals surface area contributed by atoms with Crippen LogP contribution in [0.15, 0.2) is 36.4 Å². The zero-order valence-corrected chi connectivity index (χ0v) is 9.75. The number of nitrogens with zero attached hydrogens (tertiary/aromatic N) is 3. The van der Waals surface area contributed by atoms with Gasteiger partial charge in [-0.15, -0.1) is 0 Å². The second-order valence-electron chi connectivity index (χ2n) is 3.80. The lowest BCUT2D eigenvalue weighted by molar-refractivity contribution is 0.477. The summed E-state index contributed by atoms with van der Waals surface area (Å²) in [6.45, 7) is 0. The van der Waals surface area contributed by atoms with E-state index < -0.39 is 0 Å². The van der Waals surface area contributed by atoms with Gasteiger partial charge in [-0.25, -0.2) is 0 Å². The summed E-state index contributed by atoms with van der Waals surface area (Å²) in [5.74, 6) is -0.0137. The van der Waals surface area contributed by atoms with E-state index in [0.717, 1.165) is 0 Å². The van der Waals surface area contributed by atoms with E-state index in [4.69, 9.17) is 15.8 Å². The molecule has 0 aromatic heterocycles. The van der Waals surface area contributed by atoms with Crippen LogP contribution >= 0.6 is 0 Å². The molecule has 0 spiro atoms. The van der Waals surface area contributed by atoms with Crippen LogP contribution in [0.5, 0.6) is 5.75 Å². The van der Waals surface area contributed by atoms with Crippen LogP contribution in [0.25, 0.3) is 11.1 Å². The molecule has 88 valence electrons. The lowest BCUT2D eigenvalue weighted by Crippen LogP contribution is -1.92. The molecule has 0 amide bonds. The molecule has 0 bridgehead atoms. The summed E-state index contributed by atoms with van der Waals surface area (Å²) in [6, 6.07) is 15.1. The summed E-state index contributed by atoms with van der Waals surface area (Å²) in [6.07, 6.45) is 0. The Kier molecular flexibility index (Phi) is 3.15. The van der Waals surface area contributed by atoms with Crippen LogP contribution in [0.2, 0.25) is 0 Å². The van der Waals surface area contributed by atoms with Gasteiger partial charge in [-0.1, -0.05) is 18.2 Å². The molecule has 0 aliphatic heterocycles. The predicted octanol–water partition coefficient (Wildman–Crippen LogP) is 2.67. The largest absolute Gasteiger partial charge is 0.507 e. The first-order valence-corrected chi connectivity index (χ1v) is 5.38. The van der Waals surface area contributed by atoms with Crippen LogP contribution < -0.4 is 0 Å². The molecular formula is C15H7N3O. The normalized spacial score (nSPS) is 9.11. The Hall–Kier alpha value is -3.29. The van der Waals surface area contributed by atoms with E-state index in [1.807, 2.05) is 18.2 Å². The Balaban J connectivity index is 2.85. The van der Waals surface area contributed by atoms with E-state index in [1.165, 1.54) is 18.2 Å². The zero-order valence-electron chi connectivity index (χ0n) is 9.75. The maximum Gasteiger partial charge on any atom is 0.123 e. The summed E-state index contributed by atoms with van der Waals surface area (Å²) in [5.41, 5.74) is 1.38. The molecular weight excluding hydrogens is 238 g/mol. The summed E-state index contributed by atoms with van der Waals surface area (Å²) >= 11 is 0. The maximum absolute atomic E-state index is 9.85. The minimum absolute atomic E-state index is 0.0137. The third-order valence-corrected chi connectivity index (χ3v) is 2.68. The maximum atomic E-state index is 9.85. The molecule has 0 heterocycles. The molecule has 0 radical (unpaired) electrons. The van der Waals surface area contributed by atoms with Crippen LogP contribution in [-0.4, -0.2) is 5.11 Å². The fourth-order valence-corrected chi connectivity index (χ4v) is 1.86. The van der Waals surface area contributed by atoms with Crippen LogP contribution in [-0.2, 0) is 0 Å². The molecule has 0 aliphatic rings. The van der Waals surface area contributed by atoms with Gasteiger partial charge in [0.2, 0.25) is 0 Å². The van der Waals surface area contributed by atoms with Gasteiger partial charge in [0.15, 0.2) is 0 Å². The Labute approximate surface area is 110 Å². The van der Waals surface area contributed by atoms with Crippen molar-refractivity contribution in [2.45, 2.75) is 0 Å². The molecule has 4 nitrogen and oxygen atoms in total. The number of rotatable bonds is 1. The van der Waals surface area contributed by atoms with Gasteiger partial charge in [0.05, 0.1) is 34.9 Å². The number of aromatic hydroxyl groups is 1. The first-order valence-electron chi connectivity index (χ1n) is 5.38. The Morgan fingerprint density at radius 2 is 1.42 bits per heavy atom. The van der Waals surface area contributed by atoms with E-state index >= 15 is 0 Å². The van der Waals surface area contributed by atoms with E-state index in [1.54, 1.807) is 18.2 Å². The number of hydrogen-bond acceptors (Lipinski definition) is 4. The Bertz CT molecular complexity index is 738. The quantitative estimate of drug-likeness (QED) is 0.835. The van der Waals surface area contributed by atoms with Crippen LogP contribution in [0.3, 0.4) is 0 Å². The monoisotopic (exact) mass is 245 g/mol. The average molecular weight is 245 g/mol. The molecule has 0 atom stereocenters. The molecule has 0 unspecified atom stereocenters. The van der Waals surface area contributed by atoms with Gasteiger partial charge >= 0.3 is 0 Å². The van der Waals surface area contributed by atoms with Crippen LogP contribution in [0.1, 0.15) is 16.7 Å². The Morgan fingerprint density at radius 3 is 1.89 bits per heavy atom. The van der Waals surface area contributed by atoms with Gasteiger partial charge in [0.1, 0.15) is 5.75 Å². The molecule has 2 aromatic rings. The lowest BCUT2D eigenvalue weighted by Gasteiger charge is -2.09. The molecule has 0 fully saturated rings. The zero-order chi connectivity index (χ0) is 13.8. The van der Waals surface area contributed by atoms with Gasteiger partial charge in [-0.2, -0.15) is 15.8 Å². The van der Waals surface area contributed by atoms with Gasteiger partial charge in [0.25, 0.3) is 0 Å². The molecule has 19 heavy (non-hydrogen) atoms. The highest BCUT2D eigenvalue weighted by Crippen LogP contribution is 2.34. The van der Waals surface area contributed by atoms with Crippen LogP contribution in [0, 0.1) is 34.0 Å². The van der Waals surface area contributed by atoms with Crippen molar-refractivity contribution in [1.29, 1.82) is 15.8 Å². The molecule has 2 aromatic carbocycles. The highest BCUT2D eigenvalue weighted by Gasteiger charge is 2.15. The highest BCUT2D eigenvalue weighted by molar-refractivity contribution is 5.81. The third-order valence-electron chi connectivity index (χ3n) is 2.68. The number of benzene rings is 2. The van der Waals surface area contributed by atoms with E-state index in [9.17, 15) is 5.11 Å². The van der Waals surface area contributed by atoms with E-state index in [0.29, 0.717) is 11.1 Å². The second-order valence-corrected chi connectivity index (χ2v) is 3.80. The third kappa shape index (κ3) is 2.09. The number of nitriles is 3. The summed E-state index contributed by atoms with van der Waals surface area (Å²) in [4.78, 5) is 0. The first-order chi connectivity index (χ1) is 9.21. The molecule has 4 heteroatoms. The summed E-state index contributed by atoms with van der Waals surface area (Å²) in [5, 5.41) is 37.0. The van der Waals surface area contributed by atoms with Crippen molar-refractivity contribution in [3.05, 3.63) is 53.1 Å². The molecule has 2 rings (SSSR count). The lowest BCUT2D eigenvalue weighted by atomic mass is 9.93. The summed E-state index contributed by atoms with van der Waals surface area (Å²) in [7, 11) is 0. The van der Waals surface area contributed by atoms with Gasteiger partial charge in [0, 0.05) is 11.1 Å². The van der Waals surface area contributed by atoms with Crippen molar-refractivity contribution >= 4 is 0 Å². The SMILES string of the molecule is N#Cc1cc(C#N)c(-c2ccccc2O)c(C#N)c1. The minimum atomic E-state index is -0.0137. The minimum Gasteiger partial charge on any atom is -0.507 e. The van der Waals surface area contributed by atoms with Crippen LogP contribution in [0.4, 0.5) is 0 Å². The standard InChI is InChI=1S/C15H7N3O/c16-7-10-5-11(8-17)15(12(6-10)9-18)13-3-1-2-4-14(13)19/h1-6,19H.